The van der Waals surface area contributed by atoms with E-state index >= 15 is 0 Å². The summed E-state index contributed by atoms with van der Waals surface area (Å²) in [6.45, 7) is 6.82. The van der Waals surface area contributed by atoms with Crippen LogP contribution in [0.3, 0.4) is 0 Å². The number of fused-ring (bicyclic) bond motifs is 1. The first kappa shape index (κ1) is 18.0. The fourth-order valence-electron chi connectivity index (χ4n) is 3.70. The summed E-state index contributed by atoms with van der Waals surface area (Å²) >= 11 is 3.46. The molecule has 134 valence electrons. The number of nitrogens with zero attached hydrogens (tertiary/aromatic N) is 1. The summed E-state index contributed by atoms with van der Waals surface area (Å²) in [7, 11) is 0. The molecule has 1 N–H and O–H groups in total. The van der Waals surface area contributed by atoms with Crippen LogP contribution < -0.4 is 0 Å². The fourth-order valence-corrected chi connectivity index (χ4v) is 4.15. The Bertz CT molecular complexity index is 558. The van der Waals surface area contributed by atoms with E-state index in [2.05, 4.69) is 15.9 Å². The van der Waals surface area contributed by atoms with Crippen molar-refractivity contribution in [2.75, 3.05) is 13.1 Å². The van der Waals surface area contributed by atoms with Gasteiger partial charge in [-0.1, -0.05) is 28.1 Å². The van der Waals surface area contributed by atoms with Crippen molar-refractivity contribution in [2.24, 2.45) is 5.92 Å². The van der Waals surface area contributed by atoms with E-state index in [1.165, 1.54) is 0 Å². The molecule has 0 bridgehead atoms. The molecular formula is C18H26BrNO4. The summed E-state index contributed by atoms with van der Waals surface area (Å²) in [5, 5.41) is 10.6. The Morgan fingerprint density at radius 1 is 1.42 bits per heavy atom. The SMILES string of the molecule is CC(C)(C)OC(=O)N1CCC2(CC1)CC(O)C1C=C(Br)C=CC1O2. The summed E-state index contributed by atoms with van der Waals surface area (Å²) < 4.78 is 12.8. The predicted octanol–water partition coefficient (Wildman–Crippen LogP) is 3.37. The average Bonchev–Trinajstić information content (AvgIpc) is 2.47. The Balaban J connectivity index is 1.62. The lowest BCUT2D eigenvalue weighted by molar-refractivity contribution is -0.184. The Hall–Kier alpha value is -0.850. The molecule has 3 aliphatic rings. The van der Waals surface area contributed by atoms with Crippen molar-refractivity contribution in [3.8, 4) is 0 Å². The standard InChI is InChI=1S/C18H26BrNO4/c1-17(2,3)24-16(22)20-8-6-18(7-9-20)11-14(21)13-10-12(19)4-5-15(13)23-18/h4-5,10,13-15,21H,6-9,11H2,1-3H3. The molecule has 0 aromatic carbocycles. The van der Waals surface area contributed by atoms with Gasteiger partial charge in [0.1, 0.15) is 5.60 Å². The minimum Gasteiger partial charge on any atom is -0.444 e. The molecule has 1 aliphatic carbocycles. The van der Waals surface area contributed by atoms with E-state index in [-0.39, 0.29) is 23.7 Å². The van der Waals surface area contributed by atoms with Gasteiger partial charge in [0.25, 0.3) is 0 Å². The molecule has 2 aliphatic heterocycles. The van der Waals surface area contributed by atoms with Crippen molar-refractivity contribution in [2.45, 2.75) is 63.4 Å². The number of ether oxygens (including phenoxy) is 2. The van der Waals surface area contributed by atoms with Crippen molar-refractivity contribution >= 4 is 22.0 Å². The summed E-state index contributed by atoms with van der Waals surface area (Å²) in [4.78, 5) is 13.9. The Morgan fingerprint density at radius 3 is 2.71 bits per heavy atom. The van der Waals surface area contributed by atoms with Gasteiger partial charge in [-0.25, -0.2) is 4.79 Å². The maximum Gasteiger partial charge on any atom is 0.410 e. The van der Waals surface area contributed by atoms with Crippen LogP contribution in [-0.4, -0.2) is 52.6 Å². The van der Waals surface area contributed by atoms with Crippen molar-refractivity contribution < 1.29 is 19.4 Å². The largest absolute Gasteiger partial charge is 0.444 e. The molecule has 5 nitrogen and oxygen atoms in total. The molecule has 0 aromatic rings. The summed E-state index contributed by atoms with van der Waals surface area (Å²) in [5.74, 6) is -0.00103. The summed E-state index contributed by atoms with van der Waals surface area (Å²) in [6.07, 6.45) is 7.30. The van der Waals surface area contributed by atoms with Crippen LogP contribution in [0.5, 0.6) is 0 Å². The number of aliphatic hydroxyl groups excluding tert-OH is 1. The van der Waals surface area contributed by atoms with Crippen molar-refractivity contribution in [3.63, 3.8) is 0 Å². The molecule has 0 saturated carbocycles. The molecule has 3 unspecified atom stereocenters. The van der Waals surface area contributed by atoms with E-state index in [0.29, 0.717) is 19.5 Å². The van der Waals surface area contributed by atoms with E-state index in [0.717, 1.165) is 17.3 Å². The van der Waals surface area contributed by atoms with E-state index < -0.39 is 11.7 Å². The fraction of sp³-hybridized carbons (Fsp3) is 0.722. The highest BCUT2D eigenvalue weighted by atomic mass is 79.9. The van der Waals surface area contributed by atoms with Crippen LogP contribution in [0, 0.1) is 5.92 Å². The topological polar surface area (TPSA) is 59.0 Å². The van der Waals surface area contributed by atoms with Gasteiger partial charge in [-0.3, -0.25) is 0 Å². The summed E-state index contributed by atoms with van der Waals surface area (Å²) in [6, 6.07) is 0. The Labute approximate surface area is 151 Å². The number of hydrogen-bond acceptors (Lipinski definition) is 4. The third-order valence-electron chi connectivity index (χ3n) is 4.91. The molecule has 0 radical (unpaired) electrons. The molecule has 1 amide bonds. The second kappa shape index (κ2) is 6.46. The van der Waals surface area contributed by atoms with E-state index in [4.69, 9.17) is 9.47 Å². The molecule has 1 spiro atoms. The van der Waals surface area contributed by atoms with E-state index in [1.54, 1.807) is 4.90 Å². The summed E-state index contributed by atoms with van der Waals surface area (Å²) in [5.41, 5.74) is -0.829. The van der Waals surface area contributed by atoms with Crippen LogP contribution in [0.1, 0.15) is 40.0 Å². The molecular weight excluding hydrogens is 374 g/mol. The lowest BCUT2D eigenvalue weighted by Gasteiger charge is -2.50. The van der Waals surface area contributed by atoms with Crippen LogP contribution in [0.2, 0.25) is 0 Å². The van der Waals surface area contributed by atoms with Gasteiger partial charge in [0.15, 0.2) is 0 Å². The number of allylic oxidation sites excluding steroid dienone is 2. The number of halogens is 1. The Morgan fingerprint density at radius 2 is 2.08 bits per heavy atom. The molecule has 3 atom stereocenters. The predicted molar refractivity (Wildman–Crippen MR) is 94.9 cm³/mol. The first-order chi connectivity index (χ1) is 11.2. The monoisotopic (exact) mass is 399 g/mol. The van der Waals surface area contributed by atoms with Crippen LogP contribution >= 0.6 is 15.9 Å². The highest BCUT2D eigenvalue weighted by Gasteiger charge is 2.47. The molecule has 2 heterocycles. The minimum absolute atomic E-state index is 0.00103. The quantitative estimate of drug-likeness (QED) is 0.678. The second-order valence-electron chi connectivity index (χ2n) is 7.99. The molecule has 24 heavy (non-hydrogen) atoms. The Kier molecular flexibility index (Phi) is 4.84. The molecule has 6 heteroatoms. The normalized spacial score (nSPS) is 32.3. The van der Waals surface area contributed by atoms with Crippen molar-refractivity contribution in [3.05, 3.63) is 22.7 Å². The van der Waals surface area contributed by atoms with Crippen LogP contribution in [0.4, 0.5) is 4.79 Å². The zero-order chi connectivity index (χ0) is 17.5. The van der Waals surface area contributed by atoms with Gasteiger partial charge >= 0.3 is 6.09 Å². The number of rotatable bonds is 0. The number of aliphatic hydroxyl groups is 1. The van der Waals surface area contributed by atoms with Crippen LogP contribution in [0.25, 0.3) is 0 Å². The van der Waals surface area contributed by atoms with Gasteiger partial charge in [-0.2, -0.15) is 0 Å². The van der Waals surface area contributed by atoms with Gasteiger partial charge in [0.05, 0.1) is 17.8 Å². The van der Waals surface area contributed by atoms with Gasteiger partial charge in [0, 0.05) is 29.9 Å². The number of likely N-dealkylation sites (tertiary alicyclic amines) is 1. The number of amides is 1. The smallest absolute Gasteiger partial charge is 0.410 e. The van der Waals surface area contributed by atoms with E-state index in [1.807, 2.05) is 39.0 Å². The third kappa shape index (κ3) is 3.86. The first-order valence-electron chi connectivity index (χ1n) is 8.57. The minimum atomic E-state index is -0.483. The maximum atomic E-state index is 12.2. The van der Waals surface area contributed by atoms with Crippen molar-refractivity contribution in [1.82, 2.24) is 4.90 Å². The molecule has 2 saturated heterocycles. The van der Waals surface area contributed by atoms with Gasteiger partial charge in [-0.15, -0.1) is 0 Å². The van der Waals surface area contributed by atoms with Crippen LogP contribution in [-0.2, 0) is 9.47 Å². The number of carbonyl (C=O) groups excluding carboxylic acids is 1. The third-order valence-corrected chi connectivity index (χ3v) is 5.44. The number of piperidine rings is 1. The lowest BCUT2D eigenvalue weighted by atomic mass is 9.76. The average molecular weight is 400 g/mol. The zero-order valence-electron chi connectivity index (χ0n) is 14.5. The highest BCUT2D eigenvalue weighted by molar-refractivity contribution is 9.11. The van der Waals surface area contributed by atoms with Gasteiger partial charge < -0.3 is 19.5 Å². The molecule has 0 aromatic heterocycles. The maximum absolute atomic E-state index is 12.2. The van der Waals surface area contributed by atoms with Gasteiger partial charge in [0.2, 0.25) is 0 Å². The lowest BCUT2D eigenvalue weighted by Crippen LogP contribution is -2.56. The molecule has 3 rings (SSSR count). The van der Waals surface area contributed by atoms with Gasteiger partial charge in [-0.05, 0) is 39.7 Å². The van der Waals surface area contributed by atoms with E-state index in [9.17, 15) is 9.90 Å². The highest BCUT2D eigenvalue weighted by Crippen LogP contribution is 2.42. The zero-order valence-corrected chi connectivity index (χ0v) is 16.1. The number of hydrogen-bond donors (Lipinski definition) is 1. The second-order valence-corrected chi connectivity index (χ2v) is 8.91. The molecule has 2 fully saturated rings. The number of carbonyl (C=O) groups is 1. The van der Waals surface area contributed by atoms with Crippen LogP contribution in [0.15, 0.2) is 22.7 Å². The van der Waals surface area contributed by atoms with Crippen molar-refractivity contribution in [1.29, 1.82) is 0 Å². The first-order valence-corrected chi connectivity index (χ1v) is 9.36.